The van der Waals surface area contributed by atoms with Gasteiger partial charge >= 0.3 is 0 Å². The summed E-state index contributed by atoms with van der Waals surface area (Å²) in [4.78, 5) is 0.310. The normalized spacial score (nSPS) is 11.5. The van der Waals surface area contributed by atoms with Gasteiger partial charge in [0.05, 0.1) is 5.69 Å². The van der Waals surface area contributed by atoms with Gasteiger partial charge in [-0.2, -0.15) is 11.8 Å². The molecule has 0 fully saturated rings. The van der Waals surface area contributed by atoms with Gasteiger partial charge in [-0.1, -0.05) is 25.0 Å². The van der Waals surface area contributed by atoms with E-state index in [-0.39, 0.29) is 0 Å². The molecule has 0 aromatic heterocycles. The number of para-hydroxylation sites is 1. The van der Waals surface area contributed by atoms with E-state index in [9.17, 15) is 8.42 Å². The molecule has 0 saturated carbocycles. The summed E-state index contributed by atoms with van der Waals surface area (Å²) in [6.07, 6.45) is 6.85. The van der Waals surface area contributed by atoms with Crippen molar-refractivity contribution >= 4 is 27.5 Å². The second-order valence-corrected chi connectivity index (χ2v) is 7.38. The van der Waals surface area contributed by atoms with Crippen molar-refractivity contribution in [3.05, 3.63) is 24.3 Å². The molecule has 2 N–H and O–H groups in total. The molecule has 0 aliphatic carbocycles. The summed E-state index contributed by atoms with van der Waals surface area (Å²) >= 11 is 1.88. The summed E-state index contributed by atoms with van der Waals surface area (Å²) in [7, 11) is -1.97. The third-order valence-electron chi connectivity index (χ3n) is 3.04. The molecule has 0 unspecified atom stereocenters. The molecule has 0 spiro atoms. The quantitative estimate of drug-likeness (QED) is 0.652. The smallest absolute Gasteiger partial charge is 0.242 e. The Morgan fingerprint density at radius 1 is 1.10 bits per heavy atom. The van der Waals surface area contributed by atoms with E-state index < -0.39 is 10.0 Å². The number of hydrogen-bond acceptors (Lipinski definition) is 4. The highest BCUT2D eigenvalue weighted by molar-refractivity contribution is 7.98. The first-order chi connectivity index (χ1) is 9.61. The van der Waals surface area contributed by atoms with Crippen LogP contribution in [0.5, 0.6) is 0 Å². The van der Waals surface area contributed by atoms with Crippen molar-refractivity contribution in [2.24, 2.45) is 0 Å². The molecule has 0 aliphatic rings. The second kappa shape index (κ2) is 9.26. The maximum atomic E-state index is 11.9. The average Bonchev–Trinajstić information content (AvgIpc) is 2.46. The van der Waals surface area contributed by atoms with E-state index in [0.717, 1.165) is 13.0 Å². The zero-order valence-corrected chi connectivity index (χ0v) is 13.8. The first kappa shape index (κ1) is 17.3. The molecule has 6 heteroatoms. The van der Waals surface area contributed by atoms with Crippen molar-refractivity contribution < 1.29 is 8.42 Å². The fourth-order valence-corrected chi connectivity index (χ4v) is 3.31. The highest BCUT2D eigenvalue weighted by Gasteiger charge is 2.15. The lowest BCUT2D eigenvalue weighted by Crippen LogP contribution is -2.20. The Labute approximate surface area is 126 Å². The molecular weight excluding hydrogens is 292 g/mol. The maximum absolute atomic E-state index is 11.9. The van der Waals surface area contributed by atoms with Gasteiger partial charge in [0.2, 0.25) is 10.0 Å². The number of nitrogens with one attached hydrogen (secondary N) is 2. The van der Waals surface area contributed by atoms with Crippen LogP contribution >= 0.6 is 11.8 Å². The van der Waals surface area contributed by atoms with Crippen molar-refractivity contribution in [1.82, 2.24) is 4.72 Å². The Bertz CT molecular complexity index is 490. The minimum Gasteiger partial charge on any atom is -0.384 e. The van der Waals surface area contributed by atoms with Gasteiger partial charge in [0, 0.05) is 6.54 Å². The van der Waals surface area contributed by atoms with Crippen LogP contribution in [0, 0.1) is 0 Å². The molecule has 4 nitrogen and oxygen atoms in total. The molecule has 114 valence electrons. The summed E-state index contributed by atoms with van der Waals surface area (Å²) < 4.78 is 26.1. The van der Waals surface area contributed by atoms with Crippen LogP contribution in [0.25, 0.3) is 0 Å². The molecular formula is C14H24N2O2S2. The number of hydrogen-bond donors (Lipinski definition) is 2. The van der Waals surface area contributed by atoms with Gasteiger partial charge in [0.15, 0.2) is 0 Å². The Morgan fingerprint density at radius 2 is 1.80 bits per heavy atom. The van der Waals surface area contributed by atoms with E-state index in [1.807, 2.05) is 17.8 Å². The zero-order chi connectivity index (χ0) is 14.8. The van der Waals surface area contributed by atoms with Crippen molar-refractivity contribution in [2.75, 3.05) is 30.9 Å². The molecule has 20 heavy (non-hydrogen) atoms. The van der Waals surface area contributed by atoms with E-state index in [1.54, 1.807) is 18.2 Å². The zero-order valence-electron chi connectivity index (χ0n) is 12.2. The summed E-state index contributed by atoms with van der Waals surface area (Å²) in [6, 6.07) is 7.00. The lowest BCUT2D eigenvalue weighted by atomic mass is 10.2. The summed E-state index contributed by atoms with van der Waals surface area (Å²) in [5.41, 5.74) is 0.672. The van der Waals surface area contributed by atoms with Gasteiger partial charge in [-0.15, -0.1) is 0 Å². The predicted octanol–water partition coefficient (Wildman–Crippen LogP) is 2.93. The number of sulfonamides is 1. The van der Waals surface area contributed by atoms with Crippen LogP contribution in [-0.2, 0) is 10.0 Å². The molecule has 0 radical (unpaired) electrons. The molecule has 0 bridgehead atoms. The first-order valence-electron chi connectivity index (χ1n) is 6.87. The van der Waals surface area contributed by atoms with Gasteiger partial charge in [-0.25, -0.2) is 13.1 Å². The highest BCUT2D eigenvalue weighted by Crippen LogP contribution is 2.20. The van der Waals surface area contributed by atoms with Crippen LogP contribution in [0.1, 0.15) is 25.7 Å². The maximum Gasteiger partial charge on any atom is 0.242 e. The topological polar surface area (TPSA) is 58.2 Å². The van der Waals surface area contributed by atoms with E-state index in [4.69, 9.17) is 0 Å². The van der Waals surface area contributed by atoms with Crippen molar-refractivity contribution in [3.8, 4) is 0 Å². The molecule has 0 heterocycles. The molecule has 0 saturated heterocycles. The van der Waals surface area contributed by atoms with Crippen LogP contribution in [0.15, 0.2) is 29.2 Å². The summed E-state index contributed by atoms with van der Waals surface area (Å²) in [5.74, 6) is 1.22. The number of anilines is 1. The lowest BCUT2D eigenvalue weighted by Gasteiger charge is -2.11. The van der Waals surface area contributed by atoms with E-state index >= 15 is 0 Å². The third kappa shape index (κ3) is 5.73. The Balaban J connectivity index is 2.45. The first-order valence-corrected chi connectivity index (χ1v) is 9.75. The van der Waals surface area contributed by atoms with E-state index in [1.165, 1.54) is 32.1 Å². The largest absolute Gasteiger partial charge is 0.384 e. The highest BCUT2D eigenvalue weighted by atomic mass is 32.2. The summed E-state index contributed by atoms with van der Waals surface area (Å²) in [5, 5.41) is 3.22. The number of rotatable bonds is 10. The predicted molar refractivity (Wildman–Crippen MR) is 88.0 cm³/mol. The average molecular weight is 316 g/mol. The van der Waals surface area contributed by atoms with Crippen LogP contribution in [0.4, 0.5) is 5.69 Å². The molecule has 0 aliphatic heterocycles. The van der Waals surface area contributed by atoms with Gasteiger partial charge in [-0.3, -0.25) is 0 Å². The Hall–Kier alpha value is -0.720. The number of thioether (sulfide) groups is 1. The van der Waals surface area contributed by atoms with Crippen LogP contribution in [-0.4, -0.2) is 34.0 Å². The van der Waals surface area contributed by atoms with E-state index in [2.05, 4.69) is 16.3 Å². The number of unbranched alkanes of at least 4 members (excludes halogenated alkanes) is 3. The van der Waals surface area contributed by atoms with Gasteiger partial charge in [-0.05, 0) is 44.0 Å². The lowest BCUT2D eigenvalue weighted by molar-refractivity contribution is 0.588. The molecule has 1 rings (SSSR count). The van der Waals surface area contributed by atoms with Gasteiger partial charge in [0.25, 0.3) is 0 Å². The summed E-state index contributed by atoms with van der Waals surface area (Å²) in [6.45, 7) is 0.801. The van der Waals surface area contributed by atoms with Crippen molar-refractivity contribution in [2.45, 2.75) is 30.6 Å². The van der Waals surface area contributed by atoms with E-state index in [0.29, 0.717) is 10.6 Å². The van der Waals surface area contributed by atoms with Crippen molar-refractivity contribution in [3.63, 3.8) is 0 Å². The van der Waals surface area contributed by atoms with Crippen LogP contribution < -0.4 is 10.0 Å². The third-order valence-corrected chi connectivity index (χ3v) is 5.21. The Morgan fingerprint density at radius 3 is 2.50 bits per heavy atom. The standard InChI is InChI=1S/C14H24N2O2S2/c1-15-20(17,18)14-10-6-5-9-13(14)16-11-7-3-4-8-12-19-2/h5-6,9-10,15-16H,3-4,7-8,11-12H2,1-2H3. The molecule has 1 aromatic rings. The molecule has 0 atom stereocenters. The Kier molecular flexibility index (Phi) is 8.02. The SMILES string of the molecule is CNS(=O)(=O)c1ccccc1NCCCCCCSC. The monoisotopic (exact) mass is 316 g/mol. The second-order valence-electron chi connectivity index (χ2n) is 4.54. The fourth-order valence-electron chi connectivity index (χ4n) is 1.90. The molecule has 1 aromatic carbocycles. The van der Waals surface area contributed by atoms with Crippen molar-refractivity contribution in [1.29, 1.82) is 0 Å². The minimum absolute atomic E-state index is 0.310. The van der Waals surface area contributed by atoms with Gasteiger partial charge in [0.1, 0.15) is 4.90 Å². The van der Waals surface area contributed by atoms with Crippen LogP contribution in [0.2, 0.25) is 0 Å². The van der Waals surface area contributed by atoms with Gasteiger partial charge < -0.3 is 5.32 Å². The number of benzene rings is 1. The minimum atomic E-state index is -3.40. The van der Waals surface area contributed by atoms with Crippen LogP contribution in [0.3, 0.4) is 0 Å². The fraction of sp³-hybridized carbons (Fsp3) is 0.571. The molecule has 0 amide bonds.